The predicted molar refractivity (Wildman–Crippen MR) is 44.7 cm³/mol. The Morgan fingerprint density at radius 3 is 2.69 bits per heavy atom. The third kappa shape index (κ3) is 1.67. The Balaban J connectivity index is 2.41. The monoisotopic (exact) mass is 198 g/mol. The molecule has 66 valence electrons. The molecule has 0 saturated carbocycles. The topological polar surface area (TPSA) is 38.9 Å². The highest BCUT2D eigenvalue weighted by Crippen LogP contribution is 2.18. The van der Waals surface area contributed by atoms with Crippen molar-refractivity contribution in [1.29, 1.82) is 0 Å². The highest BCUT2D eigenvalue weighted by molar-refractivity contribution is 6.27. The number of halogens is 2. The Hall–Kier alpha value is -1.42. The molecular weight excluding hydrogens is 195 g/mol. The minimum absolute atomic E-state index is 0.0427. The van der Waals surface area contributed by atoms with Crippen molar-refractivity contribution in [2.45, 2.75) is 0 Å². The number of nitrogens with zero attached hydrogens (tertiary/aromatic N) is 2. The summed E-state index contributed by atoms with van der Waals surface area (Å²) in [6.45, 7) is 0. The number of aromatic nitrogens is 2. The lowest BCUT2D eigenvalue weighted by Gasteiger charge is -1.92. The first kappa shape index (κ1) is 8.19. The van der Waals surface area contributed by atoms with Crippen LogP contribution in [0.1, 0.15) is 0 Å². The lowest BCUT2D eigenvalue weighted by Crippen LogP contribution is -1.83. The van der Waals surface area contributed by atoms with E-state index in [0.717, 1.165) is 6.20 Å². The minimum Gasteiger partial charge on any atom is -0.435 e. The number of rotatable bonds is 1. The summed E-state index contributed by atoms with van der Waals surface area (Å²) in [5, 5.41) is 0.0427. The molecule has 3 nitrogen and oxygen atoms in total. The van der Waals surface area contributed by atoms with Crippen LogP contribution in [0.2, 0.25) is 5.35 Å². The molecule has 0 bridgehead atoms. The van der Waals surface area contributed by atoms with Gasteiger partial charge in [0.2, 0.25) is 0 Å². The molecule has 13 heavy (non-hydrogen) atoms. The molecule has 0 fully saturated rings. The molecule has 2 aromatic rings. The summed E-state index contributed by atoms with van der Waals surface area (Å²) in [7, 11) is 0. The van der Waals surface area contributed by atoms with Crippen LogP contribution in [0.4, 0.5) is 4.39 Å². The second kappa shape index (κ2) is 3.14. The summed E-state index contributed by atoms with van der Waals surface area (Å²) >= 11 is 5.46. The first-order valence-corrected chi connectivity index (χ1v) is 3.86. The van der Waals surface area contributed by atoms with Crippen molar-refractivity contribution in [3.63, 3.8) is 0 Å². The summed E-state index contributed by atoms with van der Waals surface area (Å²) in [6, 6.07) is 2.80. The molecule has 2 heterocycles. The minimum atomic E-state index is -0.390. The van der Waals surface area contributed by atoms with Gasteiger partial charge in [-0.05, 0) is 23.7 Å². The molecule has 0 aliphatic rings. The third-order valence-electron chi connectivity index (χ3n) is 1.47. The van der Waals surface area contributed by atoms with Gasteiger partial charge in [-0.3, -0.25) is 4.98 Å². The van der Waals surface area contributed by atoms with E-state index in [1.54, 1.807) is 0 Å². The van der Waals surface area contributed by atoms with E-state index in [2.05, 4.69) is 9.97 Å². The summed E-state index contributed by atoms with van der Waals surface area (Å²) in [5.41, 5.74) is 1.02. The highest BCUT2D eigenvalue weighted by atomic mass is 35.5. The molecule has 0 radical (unpaired) electrons. The van der Waals surface area contributed by atoms with E-state index in [9.17, 15) is 4.39 Å². The molecule has 2 aromatic heterocycles. The van der Waals surface area contributed by atoms with Crippen molar-refractivity contribution in [2.75, 3.05) is 0 Å². The molecule has 0 unspecified atom stereocenters. The van der Waals surface area contributed by atoms with E-state index < -0.39 is 5.82 Å². The van der Waals surface area contributed by atoms with Gasteiger partial charge in [-0.2, -0.15) is 4.98 Å². The second-order valence-corrected chi connectivity index (χ2v) is 2.67. The molecule has 5 heteroatoms. The van der Waals surface area contributed by atoms with Crippen molar-refractivity contribution >= 4 is 11.6 Å². The van der Waals surface area contributed by atoms with Gasteiger partial charge in [0.05, 0.1) is 11.9 Å². The quantitative estimate of drug-likeness (QED) is 0.707. The summed E-state index contributed by atoms with van der Waals surface area (Å²) in [4.78, 5) is 7.63. The Labute approximate surface area is 78.2 Å². The van der Waals surface area contributed by atoms with Gasteiger partial charge in [-0.15, -0.1) is 0 Å². The maximum Gasteiger partial charge on any atom is 0.292 e. The van der Waals surface area contributed by atoms with Crippen LogP contribution in [0, 0.1) is 5.82 Å². The normalized spacial score (nSPS) is 10.3. The van der Waals surface area contributed by atoms with E-state index in [-0.39, 0.29) is 5.35 Å². The molecule has 0 saturated heterocycles. The molecule has 0 aliphatic heterocycles. The van der Waals surface area contributed by atoms with E-state index in [4.69, 9.17) is 16.0 Å². The van der Waals surface area contributed by atoms with E-state index in [1.165, 1.54) is 18.4 Å². The fraction of sp³-hybridized carbons (Fsp3) is 0. The number of hydrogen-bond acceptors (Lipinski definition) is 3. The fourth-order valence-electron chi connectivity index (χ4n) is 0.897. The maximum atomic E-state index is 12.5. The highest BCUT2D eigenvalue weighted by Gasteiger charge is 2.04. The summed E-state index contributed by atoms with van der Waals surface area (Å²) in [6.07, 6.45) is 2.47. The third-order valence-corrected chi connectivity index (χ3v) is 1.64. The summed E-state index contributed by atoms with van der Waals surface area (Å²) in [5.74, 6) is -0.390. The standard InChI is InChI=1S/C8H4ClFN2O/c9-8-12-7(4-13-8)6-2-1-5(10)3-11-6/h1-4H. The zero-order valence-corrected chi connectivity index (χ0v) is 7.12. The molecule has 0 spiro atoms. The van der Waals surface area contributed by atoms with Gasteiger partial charge in [0, 0.05) is 0 Å². The zero-order chi connectivity index (χ0) is 9.26. The van der Waals surface area contributed by atoms with Crippen molar-refractivity contribution < 1.29 is 8.81 Å². The molecule has 0 aromatic carbocycles. The maximum absolute atomic E-state index is 12.5. The first-order valence-electron chi connectivity index (χ1n) is 3.48. The Kier molecular flexibility index (Phi) is 1.98. The van der Waals surface area contributed by atoms with E-state index >= 15 is 0 Å². The van der Waals surface area contributed by atoms with E-state index in [1.807, 2.05) is 0 Å². The Bertz CT molecular complexity index is 412. The van der Waals surface area contributed by atoms with Gasteiger partial charge in [0.1, 0.15) is 17.8 Å². The number of oxazole rings is 1. The van der Waals surface area contributed by atoms with Crippen LogP contribution >= 0.6 is 11.6 Å². The van der Waals surface area contributed by atoms with Crippen LogP contribution in [0.15, 0.2) is 29.0 Å². The molecular formula is C8H4ClFN2O. The van der Waals surface area contributed by atoms with Gasteiger partial charge < -0.3 is 4.42 Å². The van der Waals surface area contributed by atoms with Gasteiger partial charge in [-0.25, -0.2) is 4.39 Å². The van der Waals surface area contributed by atoms with Crippen LogP contribution in [0.3, 0.4) is 0 Å². The average molecular weight is 199 g/mol. The molecule has 0 amide bonds. The van der Waals surface area contributed by atoms with Gasteiger partial charge in [-0.1, -0.05) is 0 Å². The van der Waals surface area contributed by atoms with Crippen LogP contribution in [-0.4, -0.2) is 9.97 Å². The molecule has 0 aliphatic carbocycles. The molecule has 2 rings (SSSR count). The van der Waals surface area contributed by atoms with E-state index in [0.29, 0.717) is 11.4 Å². The summed E-state index contributed by atoms with van der Waals surface area (Å²) < 4.78 is 17.2. The Morgan fingerprint density at radius 1 is 1.31 bits per heavy atom. The average Bonchev–Trinajstić information content (AvgIpc) is 2.53. The van der Waals surface area contributed by atoms with Crippen molar-refractivity contribution in [3.8, 4) is 11.4 Å². The number of pyridine rings is 1. The largest absolute Gasteiger partial charge is 0.435 e. The molecule has 0 N–H and O–H groups in total. The van der Waals surface area contributed by atoms with Gasteiger partial charge in [0.25, 0.3) is 5.35 Å². The Morgan fingerprint density at radius 2 is 2.15 bits per heavy atom. The number of hydrogen-bond donors (Lipinski definition) is 0. The van der Waals surface area contributed by atoms with Crippen LogP contribution < -0.4 is 0 Å². The fourth-order valence-corrected chi connectivity index (χ4v) is 1.03. The molecule has 0 atom stereocenters. The van der Waals surface area contributed by atoms with Crippen LogP contribution in [0.5, 0.6) is 0 Å². The first-order chi connectivity index (χ1) is 6.25. The van der Waals surface area contributed by atoms with Crippen molar-refractivity contribution in [1.82, 2.24) is 9.97 Å². The van der Waals surface area contributed by atoms with Gasteiger partial charge in [0.15, 0.2) is 0 Å². The van der Waals surface area contributed by atoms with Crippen LogP contribution in [-0.2, 0) is 0 Å². The lowest BCUT2D eigenvalue weighted by atomic mass is 10.3. The predicted octanol–water partition coefficient (Wildman–Crippen LogP) is 2.53. The second-order valence-electron chi connectivity index (χ2n) is 2.35. The zero-order valence-electron chi connectivity index (χ0n) is 6.37. The smallest absolute Gasteiger partial charge is 0.292 e. The van der Waals surface area contributed by atoms with Crippen molar-refractivity contribution in [3.05, 3.63) is 35.8 Å². The van der Waals surface area contributed by atoms with Gasteiger partial charge >= 0.3 is 0 Å². The van der Waals surface area contributed by atoms with Crippen LogP contribution in [0.25, 0.3) is 11.4 Å². The SMILES string of the molecule is Fc1ccc(-c2coc(Cl)n2)nc1. The van der Waals surface area contributed by atoms with Crippen molar-refractivity contribution in [2.24, 2.45) is 0 Å². The lowest BCUT2D eigenvalue weighted by molar-refractivity contribution is 0.560.